The predicted octanol–water partition coefficient (Wildman–Crippen LogP) is 3.48. The Bertz CT molecular complexity index is 1250. The van der Waals surface area contributed by atoms with E-state index in [2.05, 4.69) is 10.4 Å². The Morgan fingerprint density at radius 1 is 1.09 bits per heavy atom. The van der Waals surface area contributed by atoms with Gasteiger partial charge in [-0.15, -0.1) is 0 Å². The number of aromatic nitrogens is 2. The van der Waals surface area contributed by atoms with Crippen molar-refractivity contribution in [2.45, 2.75) is 46.2 Å². The van der Waals surface area contributed by atoms with Gasteiger partial charge in [-0.05, 0) is 56.5 Å². The van der Waals surface area contributed by atoms with E-state index in [4.69, 9.17) is 0 Å². The highest BCUT2D eigenvalue weighted by Crippen LogP contribution is 2.32. The van der Waals surface area contributed by atoms with Crippen molar-refractivity contribution < 1.29 is 9.59 Å². The van der Waals surface area contributed by atoms with Crippen LogP contribution in [0.2, 0.25) is 0 Å². The number of nitrogens with one attached hydrogen (secondary N) is 1. The maximum atomic E-state index is 13.2. The van der Waals surface area contributed by atoms with E-state index >= 15 is 0 Å². The monoisotopic (exact) mass is 430 g/mol. The Balaban J connectivity index is 1.48. The van der Waals surface area contributed by atoms with Gasteiger partial charge in [0.1, 0.15) is 5.69 Å². The minimum Gasteiger partial charge on any atom is -0.326 e. The maximum absolute atomic E-state index is 13.2. The Labute approximate surface area is 186 Å². The van der Waals surface area contributed by atoms with E-state index in [0.717, 1.165) is 34.5 Å². The molecule has 2 aromatic carbocycles. The lowest BCUT2D eigenvalue weighted by Crippen LogP contribution is -2.37. The molecule has 3 aromatic rings. The molecule has 0 fully saturated rings. The summed E-state index contributed by atoms with van der Waals surface area (Å²) in [4.78, 5) is 39.6. The number of carbonyl (C=O) groups excluding carboxylic acids is 2. The van der Waals surface area contributed by atoms with E-state index in [0.29, 0.717) is 0 Å². The molecule has 1 aliphatic heterocycles. The molecule has 0 unspecified atom stereocenters. The van der Waals surface area contributed by atoms with Crippen molar-refractivity contribution in [1.29, 1.82) is 0 Å². The lowest BCUT2D eigenvalue weighted by atomic mass is 10.1. The first-order valence-corrected chi connectivity index (χ1v) is 10.7. The third kappa shape index (κ3) is 4.32. The molecule has 164 valence electrons. The van der Waals surface area contributed by atoms with Crippen LogP contribution in [0, 0.1) is 13.8 Å². The van der Waals surface area contributed by atoms with Gasteiger partial charge in [-0.2, -0.15) is 5.10 Å². The summed E-state index contributed by atoms with van der Waals surface area (Å²) in [5.41, 5.74) is 4.65. The molecule has 0 saturated heterocycles. The van der Waals surface area contributed by atoms with Gasteiger partial charge in [-0.25, -0.2) is 4.68 Å². The number of para-hydroxylation sites is 1. The molecule has 2 heterocycles. The normalized spacial score (nSPS) is 14.8. The fourth-order valence-electron chi connectivity index (χ4n) is 4.10. The zero-order valence-electron chi connectivity index (χ0n) is 18.5. The number of hydrogen-bond acceptors (Lipinski definition) is 4. The summed E-state index contributed by atoms with van der Waals surface area (Å²) >= 11 is 0. The highest BCUT2D eigenvalue weighted by molar-refractivity contribution is 6.06. The third-order valence-electron chi connectivity index (χ3n) is 5.72. The van der Waals surface area contributed by atoms with Crippen LogP contribution in [0.5, 0.6) is 0 Å². The fourth-order valence-corrected chi connectivity index (χ4v) is 4.10. The lowest BCUT2D eigenvalue weighted by Gasteiger charge is -2.22. The fraction of sp³-hybridized carbons (Fsp3) is 0.280. The third-order valence-corrected chi connectivity index (χ3v) is 5.72. The van der Waals surface area contributed by atoms with Crippen molar-refractivity contribution in [1.82, 2.24) is 9.78 Å². The number of aryl methyl sites for hydroxylation is 3. The van der Waals surface area contributed by atoms with E-state index in [1.165, 1.54) is 16.8 Å². The number of anilines is 2. The maximum Gasteiger partial charge on any atom is 0.278 e. The molecule has 32 heavy (non-hydrogen) atoms. The standard InChI is InChI=1S/C25H26N4O3/c1-16-8-9-20(17(2)14-16)26-23(30)12-13-28-24(31)11-10-21(27-28)25(32)29-18(3)15-19-6-4-5-7-22(19)29/h4-11,14,18H,12-13,15H2,1-3H3,(H,26,30)/t18-/m0/s1. The first-order valence-electron chi connectivity index (χ1n) is 10.7. The number of hydrogen-bond donors (Lipinski definition) is 1. The average Bonchev–Trinajstić information content (AvgIpc) is 3.10. The molecule has 0 radical (unpaired) electrons. The number of rotatable bonds is 5. The SMILES string of the molecule is Cc1ccc(NC(=O)CCn2nc(C(=O)N3c4ccccc4C[C@@H]3C)ccc2=O)c(C)c1. The van der Waals surface area contributed by atoms with Crippen molar-refractivity contribution in [3.63, 3.8) is 0 Å². The van der Waals surface area contributed by atoms with Crippen LogP contribution in [0.15, 0.2) is 59.4 Å². The topological polar surface area (TPSA) is 84.3 Å². The number of fused-ring (bicyclic) bond motifs is 1. The van der Waals surface area contributed by atoms with Crippen molar-refractivity contribution in [2.24, 2.45) is 0 Å². The van der Waals surface area contributed by atoms with Gasteiger partial charge in [-0.3, -0.25) is 14.4 Å². The number of amides is 2. The highest BCUT2D eigenvalue weighted by Gasteiger charge is 2.32. The van der Waals surface area contributed by atoms with Gasteiger partial charge in [0.2, 0.25) is 5.91 Å². The molecule has 0 aliphatic carbocycles. The number of nitrogens with zero attached hydrogens (tertiary/aromatic N) is 3. The van der Waals surface area contributed by atoms with Crippen molar-refractivity contribution in [3.8, 4) is 0 Å². The average molecular weight is 431 g/mol. The molecule has 7 heteroatoms. The van der Waals surface area contributed by atoms with Gasteiger partial charge in [-0.1, -0.05) is 35.9 Å². The van der Waals surface area contributed by atoms with Gasteiger partial charge in [0.15, 0.2) is 0 Å². The van der Waals surface area contributed by atoms with E-state index in [-0.39, 0.29) is 42.1 Å². The number of benzene rings is 2. The molecule has 0 bridgehead atoms. The summed E-state index contributed by atoms with van der Waals surface area (Å²) < 4.78 is 1.18. The van der Waals surface area contributed by atoms with Gasteiger partial charge in [0, 0.05) is 29.9 Å². The zero-order chi connectivity index (χ0) is 22.8. The highest BCUT2D eigenvalue weighted by atomic mass is 16.2. The molecule has 1 aromatic heterocycles. The van der Waals surface area contributed by atoms with Crippen LogP contribution in [0.25, 0.3) is 0 Å². The van der Waals surface area contributed by atoms with E-state index < -0.39 is 0 Å². The van der Waals surface area contributed by atoms with E-state index in [9.17, 15) is 14.4 Å². The van der Waals surface area contributed by atoms with Crippen LogP contribution < -0.4 is 15.8 Å². The smallest absolute Gasteiger partial charge is 0.278 e. The summed E-state index contributed by atoms with van der Waals surface area (Å²) in [5, 5.41) is 7.13. The molecular formula is C25H26N4O3. The van der Waals surface area contributed by atoms with Crippen LogP contribution in [-0.2, 0) is 17.8 Å². The molecule has 4 rings (SSSR count). The van der Waals surface area contributed by atoms with Crippen LogP contribution in [0.3, 0.4) is 0 Å². The summed E-state index contributed by atoms with van der Waals surface area (Å²) in [6.45, 7) is 6.00. The van der Waals surface area contributed by atoms with Crippen LogP contribution in [-0.4, -0.2) is 27.6 Å². The van der Waals surface area contributed by atoms with E-state index in [1.807, 2.05) is 63.2 Å². The summed E-state index contributed by atoms with van der Waals surface area (Å²) in [5.74, 6) is -0.472. The molecule has 0 spiro atoms. The van der Waals surface area contributed by atoms with E-state index in [1.54, 1.807) is 4.90 Å². The van der Waals surface area contributed by atoms with Crippen LogP contribution in [0.4, 0.5) is 11.4 Å². The quantitative estimate of drug-likeness (QED) is 0.672. The second-order valence-electron chi connectivity index (χ2n) is 8.25. The largest absolute Gasteiger partial charge is 0.326 e. The van der Waals surface area contributed by atoms with Crippen LogP contribution >= 0.6 is 0 Å². The Morgan fingerprint density at radius 2 is 1.88 bits per heavy atom. The van der Waals surface area contributed by atoms with Gasteiger partial charge in [0.25, 0.3) is 11.5 Å². The van der Waals surface area contributed by atoms with Crippen molar-refractivity contribution in [3.05, 3.63) is 87.3 Å². The lowest BCUT2D eigenvalue weighted by molar-refractivity contribution is -0.116. The molecular weight excluding hydrogens is 404 g/mol. The van der Waals surface area contributed by atoms with Gasteiger partial charge >= 0.3 is 0 Å². The Morgan fingerprint density at radius 3 is 2.66 bits per heavy atom. The summed E-state index contributed by atoms with van der Waals surface area (Å²) in [6.07, 6.45) is 0.848. The molecule has 2 amide bonds. The first kappa shape index (κ1) is 21.5. The van der Waals surface area contributed by atoms with Crippen LogP contribution in [0.1, 0.15) is 40.5 Å². The molecule has 1 aliphatic rings. The number of carbonyl (C=O) groups is 2. The summed E-state index contributed by atoms with van der Waals surface area (Å²) in [6, 6.07) is 16.4. The molecule has 0 saturated carbocycles. The minimum atomic E-state index is -0.351. The first-order chi connectivity index (χ1) is 15.3. The molecule has 1 N–H and O–H groups in total. The van der Waals surface area contributed by atoms with Gasteiger partial charge < -0.3 is 10.2 Å². The van der Waals surface area contributed by atoms with Crippen molar-refractivity contribution in [2.75, 3.05) is 10.2 Å². The molecule has 1 atom stereocenters. The Kier molecular flexibility index (Phi) is 5.90. The Hall–Kier alpha value is -3.74. The molecule has 7 nitrogen and oxygen atoms in total. The van der Waals surface area contributed by atoms with Crippen molar-refractivity contribution >= 4 is 23.2 Å². The minimum absolute atomic E-state index is 0.00519. The van der Waals surface area contributed by atoms with Gasteiger partial charge in [0.05, 0.1) is 6.54 Å². The second-order valence-corrected chi connectivity index (χ2v) is 8.25. The predicted molar refractivity (Wildman–Crippen MR) is 124 cm³/mol. The second kappa shape index (κ2) is 8.78. The zero-order valence-corrected chi connectivity index (χ0v) is 18.5. The summed E-state index contributed by atoms with van der Waals surface area (Å²) in [7, 11) is 0.